The van der Waals surface area contributed by atoms with E-state index in [2.05, 4.69) is 5.43 Å². The first-order chi connectivity index (χ1) is 12.2. The number of para-hydroxylation sites is 1. The number of primary amides is 1. The number of carbonyl (C=O) groups is 4. The zero-order valence-corrected chi connectivity index (χ0v) is 15.2. The first-order valence-electron chi connectivity index (χ1n) is 7.23. The number of carbonyl (C=O) groups excluding carboxylic acids is 3. The molecule has 0 aromatic heterocycles. The van der Waals surface area contributed by atoms with Gasteiger partial charge in [0.2, 0.25) is 9.99 Å². The van der Waals surface area contributed by atoms with E-state index in [1.807, 2.05) is 0 Å². The fraction of sp³-hybridized carbons (Fsp3) is 0.200. The smallest absolute Gasteiger partial charge is 0.329 e. The molecule has 1 aromatic carbocycles. The van der Waals surface area contributed by atoms with E-state index in [1.54, 1.807) is 24.3 Å². The summed E-state index contributed by atoms with van der Waals surface area (Å²) in [6.07, 6.45) is 0.875. The Bertz CT molecular complexity index is 803. The maximum atomic E-state index is 13.1. The zero-order valence-electron chi connectivity index (χ0n) is 13.6. The number of thioether (sulfide) groups is 2. The molecule has 9 nitrogen and oxygen atoms in total. The van der Waals surface area contributed by atoms with E-state index in [0.717, 1.165) is 34.6 Å². The van der Waals surface area contributed by atoms with Crippen molar-refractivity contribution in [3.8, 4) is 0 Å². The van der Waals surface area contributed by atoms with Crippen molar-refractivity contribution < 1.29 is 24.3 Å². The van der Waals surface area contributed by atoms with Gasteiger partial charge in [0, 0.05) is 19.5 Å². The summed E-state index contributed by atoms with van der Waals surface area (Å²) in [6.45, 7) is 1.30. The van der Waals surface area contributed by atoms with Gasteiger partial charge in [-0.2, -0.15) is 0 Å². The van der Waals surface area contributed by atoms with Crippen molar-refractivity contribution >= 4 is 52.9 Å². The number of hydrazine groups is 1. The lowest BCUT2D eigenvalue weighted by molar-refractivity contribution is -0.131. The molecule has 0 unspecified atom stereocenters. The summed E-state index contributed by atoms with van der Waals surface area (Å²) in [4.78, 5) is 47.4. The molecule has 1 aliphatic rings. The fourth-order valence-corrected chi connectivity index (χ4v) is 4.67. The van der Waals surface area contributed by atoms with Gasteiger partial charge in [-0.25, -0.2) is 9.80 Å². The minimum absolute atomic E-state index is 0.0908. The Kier molecular flexibility index (Phi) is 5.95. The monoisotopic (exact) mass is 396 g/mol. The summed E-state index contributed by atoms with van der Waals surface area (Å²) < 4.78 is -1.54. The highest BCUT2D eigenvalue weighted by molar-refractivity contribution is 8.41. The molecule has 11 heteroatoms. The van der Waals surface area contributed by atoms with Gasteiger partial charge in [-0.05, 0) is 11.6 Å². The third-order valence-corrected chi connectivity index (χ3v) is 6.23. The largest absolute Gasteiger partial charge is 0.478 e. The van der Waals surface area contributed by atoms with E-state index < -0.39 is 27.8 Å². The molecule has 138 valence electrons. The van der Waals surface area contributed by atoms with Crippen LogP contribution in [0.3, 0.4) is 0 Å². The number of hydrogen-bond acceptors (Lipinski definition) is 7. The molecule has 0 bridgehead atoms. The van der Waals surface area contributed by atoms with Crippen molar-refractivity contribution in [1.82, 2.24) is 5.43 Å². The van der Waals surface area contributed by atoms with Crippen molar-refractivity contribution in [3.63, 3.8) is 0 Å². The lowest BCUT2D eigenvalue weighted by atomic mass is 10.1. The summed E-state index contributed by atoms with van der Waals surface area (Å²) in [6, 6.07) is 6.59. The van der Waals surface area contributed by atoms with Gasteiger partial charge in [0.05, 0.1) is 9.92 Å². The van der Waals surface area contributed by atoms with E-state index in [4.69, 9.17) is 16.6 Å². The SMILES string of the molecule is CC(=O)NN(C(=O)C1(C(N)=O)SC(=CC(=O)O)S1)c1ccccc1CN. The van der Waals surface area contributed by atoms with Crippen molar-refractivity contribution in [2.75, 3.05) is 5.01 Å². The molecule has 26 heavy (non-hydrogen) atoms. The Morgan fingerprint density at radius 2 is 1.88 bits per heavy atom. The third-order valence-electron chi connectivity index (χ3n) is 3.26. The summed E-state index contributed by atoms with van der Waals surface area (Å²) in [5.41, 5.74) is 14.3. The fourth-order valence-electron chi connectivity index (χ4n) is 2.17. The molecular formula is C15H16N4O5S2. The number of rotatable bonds is 5. The Morgan fingerprint density at radius 3 is 2.38 bits per heavy atom. The summed E-state index contributed by atoms with van der Waals surface area (Å²) >= 11 is 1.45. The number of nitrogens with zero attached hydrogens (tertiary/aromatic N) is 1. The highest BCUT2D eigenvalue weighted by Crippen LogP contribution is 2.60. The van der Waals surface area contributed by atoms with E-state index in [-0.39, 0.29) is 10.8 Å². The van der Waals surface area contributed by atoms with Gasteiger partial charge < -0.3 is 16.6 Å². The second kappa shape index (κ2) is 7.81. The van der Waals surface area contributed by atoms with Crippen LogP contribution >= 0.6 is 23.5 Å². The summed E-state index contributed by atoms with van der Waals surface area (Å²) in [5, 5.41) is 9.71. The van der Waals surface area contributed by atoms with Gasteiger partial charge in [0.1, 0.15) is 0 Å². The first-order valence-corrected chi connectivity index (χ1v) is 8.87. The molecule has 0 aliphatic carbocycles. The molecule has 0 radical (unpaired) electrons. The van der Waals surface area contributed by atoms with Crippen molar-refractivity contribution in [2.45, 2.75) is 17.5 Å². The number of carboxylic acids is 1. The van der Waals surface area contributed by atoms with Crippen LogP contribution in [0.5, 0.6) is 0 Å². The molecule has 2 rings (SSSR count). The number of benzene rings is 1. The van der Waals surface area contributed by atoms with Gasteiger partial charge in [-0.1, -0.05) is 41.7 Å². The van der Waals surface area contributed by atoms with Crippen molar-refractivity contribution in [2.24, 2.45) is 11.5 Å². The highest BCUT2D eigenvalue weighted by Gasteiger charge is 2.57. The number of nitrogens with two attached hydrogens (primary N) is 2. The van der Waals surface area contributed by atoms with Crippen LogP contribution in [0.2, 0.25) is 0 Å². The Labute approximate surface area is 157 Å². The molecule has 1 aromatic rings. The van der Waals surface area contributed by atoms with E-state index in [0.29, 0.717) is 11.3 Å². The predicted molar refractivity (Wildman–Crippen MR) is 98.5 cm³/mol. The highest BCUT2D eigenvalue weighted by atomic mass is 32.3. The molecule has 0 atom stereocenters. The van der Waals surface area contributed by atoms with Crippen LogP contribution in [0.4, 0.5) is 5.69 Å². The quantitative estimate of drug-likeness (QED) is 0.310. The number of carboxylic acid groups (broad SMARTS) is 1. The van der Waals surface area contributed by atoms with Crippen LogP contribution in [0, 0.1) is 0 Å². The van der Waals surface area contributed by atoms with Gasteiger partial charge in [0.15, 0.2) is 0 Å². The van der Waals surface area contributed by atoms with E-state index in [9.17, 15) is 19.2 Å². The lowest BCUT2D eigenvalue weighted by Crippen LogP contribution is -2.60. The van der Waals surface area contributed by atoms with Gasteiger partial charge in [0.25, 0.3) is 11.8 Å². The third kappa shape index (κ3) is 3.84. The second-order valence-electron chi connectivity index (χ2n) is 5.13. The minimum atomic E-state index is -1.79. The van der Waals surface area contributed by atoms with Crippen LogP contribution in [0.25, 0.3) is 0 Å². The van der Waals surface area contributed by atoms with Crippen LogP contribution in [-0.4, -0.2) is 32.9 Å². The topological polar surface area (TPSA) is 156 Å². The molecule has 1 aliphatic heterocycles. The van der Waals surface area contributed by atoms with E-state index >= 15 is 0 Å². The van der Waals surface area contributed by atoms with Crippen LogP contribution < -0.4 is 21.9 Å². The molecule has 3 amide bonds. The van der Waals surface area contributed by atoms with Gasteiger partial charge in [-0.3, -0.25) is 19.8 Å². The van der Waals surface area contributed by atoms with Crippen LogP contribution in [0.15, 0.2) is 34.6 Å². The summed E-state index contributed by atoms with van der Waals surface area (Å²) in [7, 11) is 0. The molecule has 0 saturated carbocycles. The average Bonchev–Trinajstić information content (AvgIpc) is 2.54. The van der Waals surface area contributed by atoms with Crippen LogP contribution in [0.1, 0.15) is 12.5 Å². The molecule has 1 heterocycles. The number of aliphatic carboxylic acids is 1. The Hall–Kier alpha value is -2.50. The minimum Gasteiger partial charge on any atom is -0.478 e. The van der Waals surface area contributed by atoms with Crippen LogP contribution in [-0.2, 0) is 25.7 Å². The molecule has 0 spiro atoms. The molecular weight excluding hydrogens is 380 g/mol. The molecule has 1 fully saturated rings. The maximum Gasteiger partial charge on any atom is 0.329 e. The zero-order chi connectivity index (χ0) is 19.5. The number of nitrogens with one attached hydrogen (secondary N) is 1. The van der Waals surface area contributed by atoms with Gasteiger partial charge >= 0.3 is 5.97 Å². The second-order valence-corrected chi connectivity index (χ2v) is 8.16. The average molecular weight is 396 g/mol. The lowest BCUT2D eigenvalue weighted by Gasteiger charge is -2.40. The molecule has 1 saturated heterocycles. The van der Waals surface area contributed by atoms with E-state index in [1.165, 1.54) is 6.92 Å². The van der Waals surface area contributed by atoms with Crippen molar-refractivity contribution in [3.05, 3.63) is 40.1 Å². The Morgan fingerprint density at radius 1 is 1.27 bits per heavy atom. The number of hydrogen-bond donors (Lipinski definition) is 4. The predicted octanol–water partition coefficient (Wildman–Crippen LogP) is 0.117. The normalized spacial score (nSPS) is 18.5. The van der Waals surface area contributed by atoms with Crippen molar-refractivity contribution in [1.29, 1.82) is 0 Å². The maximum absolute atomic E-state index is 13.1. The number of amides is 3. The first kappa shape index (κ1) is 19.8. The number of anilines is 1. The standard InChI is InChI=1S/C15H16N4O5S2/c1-8(20)18-19(10-5-3-2-4-9(10)7-16)14(24)15(13(17)23)25-12(26-15)6-11(21)22/h2-6H,7,16H2,1H3,(H2,17,23)(H,18,20)(H,21,22). The Balaban J connectivity index is 2.44. The van der Waals surface area contributed by atoms with Gasteiger partial charge in [-0.15, -0.1) is 0 Å². The molecule has 6 N–H and O–H groups in total. The summed E-state index contributed by atoms with van der Waals surface area (Å²) in [5.74, 6) is -3.52.